The predicted octanol–water partition coefficient (Wildman–Crippen LogP) is 1.03. The van der Waals surface area contributed by atoms with Crippen molar-refractivity contribution in [3.63, 3.8) is 0 Å². The second-order valence-corrected chi connectivity index (χ2v) is 7.01. The first-order valence-corrected chi connectivity index (χ1v) is 7.84. The van der Waals surface area contributed by atoms with Crippen molar-refractivity contribution in [3.05, 3.63) is 29.8 Å². The van der Waals surface area contributed by atoms with Crippen LogP contribution < -0.4 is 4.74 Å². The molecule has 100 valence electrons. The Balaban J connectivity index is 1.96. The Bertz CT molecular complexity index is 492. The molecular formula is C13H18O4S. The Morgan fingerprint density at radius 1 is 1.39 bits per heavy atom. The van der Waals surface area contributed by atoms with Gasteiger partial charge in [-0.3, -0.25) is 0 Å². The summed E-state index contributed by atoms with van der Waals surface area (Å²) >= 11 is 0. The van der Waals surface area contributed by atoms with Crippen molar-refractivity contribution in [2.45, 2.75) is 18.9 Å². The summed E-state index contributed by atoms with van der Waals surface area (Å²) in [5.74, 6) is 0.968. The molecule has 2 rings (SSSR count). The quantitative estimate of drug-likeness (QED) is 0.887. The molecule has 1 aromatic carbocycles. The fourth-order valence-electron chi connectivity index (χ4n) is 2.30. The average Bonchev–Trinajstić information content (AvgIpc) is 2.71. The van der Waals surface area contributed by atoms with Gasteiger partial charge in [-0.15, -0.1) is 0 Å². The zero-order chi connectivity index (χ0) is 13.2. The molecule has 1 aromatic rings. The van der Waals surface area contributed by atoms with E-state index in [9.17, 15) is 13.5 Å². The summed E-state index contributed by atoms with van der Waals surface area (Å²) in [4.78, 5) is 0. The second kappa shape index (κ2) is 5.28. The molecule has 1 N–H and O–H groups in total. The third kappa shape index (κ3) is 3.23. The number of aliphatic hydroxyl groups is 1. The molecule has 2 unspecified atom stereocenters. The smallest absolute Gasteiger partial charge is 0.150 e. The molecule has 1 aliphatic rings. The van der Waals surface area contributed by atoms with Gasteiger partial charge in [0.25, 0.3) is 0 Å². The van der Waals surface area contributed by atoms with Gasteiger partial charge in [-0.1, -0.05) is 12.1 Å². The number of sulfone groups is 1. The molecule has 18 heavy (non-hydrogen) atoms. The first-order chi connectivity index (χ1) is 8.50. The number of benzene rings is 1. The third-order valence-corrected chi connectivity index (χ3v) is 5.21. The Hall–Kier alpha value is -1.07. The number of aliphatic hydroxyl groups excluding tert-OH is 1. The standard InChI is InChI=1S/C13H18O4S/c1-17-12-4-2-10(3-5-12)8-13(14)11-6-7-18(15,16)9-11/h2-5,11,13-14H,6-9H2,1H3. The minimum atomic E-state index is -2.92. The van der Waals surface area contributed by atoms with Gasteiger partial charge in [0.1, 0.15) is 5.75 Å². The molecule has 2 atom stereocenters. The number of ether oxygens (including phenoxy) is 1. The first-order valence-electron chi connectivity index (χ1n) is 6.01. The molecule has 1 saturated heterocycles. The van der Waals surface area contributed by atoms with E-state index < -0.39 is 15.9 Å². The van der Waals surface area contributed by atoms with Crippen LogP contribution in [0.15, 0.2) is 24.3 Å². The van der Waals surface area contributed by atoms with E-state index in [1.54, 1.807) is 7.11 Å². The molecule has 0 bridgehead atoms. The van der Waals surface area contributed by atoms with E-state index in [2.05, 4.69) is 0 Å². The molecule has 4 nitrogen and oxygen atoms in total. The highest BCUT2D eigenvalue weighted by Crippen LogP contribution is 2.24. The number of hydrogen-bond acceptors (Lipinski definition) is 4. The fourth-order valence-corrected chi connectivity index (χ4v) is 4.17. The largest absolute Gasteiger partial charge is 0.497 e. The van der Waals surface area contributed by atoms with Gasteiger partial charge in [0, 0.05) is 5.92 Å². The molecule has 1 aliphatic heterocycles. The lowest BCUT2D eigenvalue weighted by atomic mass is 9.96. The fraction of sp³-hybridized carbons (Fsp3) is 0.538. The van der Waals surface area contributed by atoms with Gasteiger partial charge in [0.2, 0.25) is 0 Å². The summed E-state index contributed by atoms with van der Waals surface area (Å²) in [6.07, 6.45) is 0.472. The molecule has 0 aromatic heterocycles. The van der Waals surface area contributed by atoms with Crippen LogP contribution in [0.5, 0.6) is 5.75 Å². The van der Waals surface area contributed by atoms with Crippen molar-refractivity contribution in [2.75, 3.05) is 18.6 Å². The Morgan fingerprint density at radius 3 is 2.56 bits per heavy atom. The lowest BCUT2D eigenvalue weighted by Crippen LogP contribution is -2.23. The van der Waals surface area contributed by atoms with Crippen LogP contribution >= 0.6 is 0 Å². The van der Waals surface area contributed by atoms with Gasteiger partial charge >= 0.3 is 0 Å². The Morgan fingerprint density at radius 2 is 2.06 bits per heavy atom. The van der Waals surface area contributed by atoms with E-state index in [1.807, 2.05) is 24.3 Å². The maximum absolute atomic E-state index is 11.4. The van der Waals surface area contributed by atoms with E-state index in [1.165, 1.54) is 0 Å². The lowest BCUT2D eigenvalue weighted by molar-refractivity contribution is 0.120. The normalized spacial score (nSPS) is 23.8. The van der Waals surface area contributed by atoms with Crippen molar-refractivity contribution >= 4 is 9.84 Å². The van der Waals surface area contributed by atoms with Crippen LogP contribution in [-0.4, -0.2) is 38.2 Å². The van der Waals surface area contributed by atoms with Gasteiger partial charge in [-0.25, -0.2) is 8.42 Å². The summed E-state index contributed by atoms with van der Waals surface area (Å²) in [5, 5.41) is 10.1. The van der Waals surface area contributed by atoms with Crippen molar-refractivity contribution < 1.29 is 18.3 Å². The number of hydrogen-bond donors (Lipinski definition) is 1. The SMILES string of the molecule is COc1ccc(CC(O)C2CCS(=O)(=O)C2)cc1. The van der Waals surface area contributed by atoms with Crippen molar-refractivity contribution in [1.29, 1.82) is 0 Å². The summed E-state index contributed by atoms with van der Waals surface area (Å²) in [5.41, 5.74) is 0.993. The van der Waals surface area contributed by atoms with Crippen LogP contribution in [0, 0.1) is 5.92 Å². The van der Waals surface area contributed by atoms with Gasteiger partial charge in [0.15, 0.2) is 9.84 Å². The zero-order valence-corrected chi connectivity index (χ0v) is 11.2. The number of rotatable bonds is 4. The Kier molecular flexibility index (Phi) is 3.92. The lowest BCUT2D eigenvalue weighted by Gasteiger charge is -2.16. The number of methoxy groups -OCH3 is 1. The maximum Gasteiger partial charge on any atom is 0.150 e. The van der Waals surface area contributed by atoms with Gasteiger partial charge in [-0.2, -0.15) is 0 Å². The highest BCUT2D eigenvalue weighted by molar-refractivity contribution is 7.91. The molecule has 0 amide bonds. The Labute approximate surface area is 108 Å². The van der Waals surface area contributed by atoms with Crippen molar-refractivity contribution in [3.8, 4) is 5.75 Å². The van der Waals surface area contributed by atoms with Gasteiger partial charge in [0.05, 0.1) is 24.7 Å². The van der Waals surface area contributed by atoms with Crippen molar-refractivity contribution in [1.82, 2.24) is 0 Å². The minimum Gasteiger partial charge on any atom is -0.497 e. The van der Waals surface area contributed by atoms with E-state index >= 15 is 0 Å². The van der Waals surface area contributed by atoms with Crippen LogP contribution in [0.3, 0.4) is 0 Å². The van der Waals surface area contributed by atoms with Crippen LogP contribution in [0.4, 0.5) is 0 Å². The van der Waals surface area contributed by atoms with Crippen LogP contribution in [0.1, 0.15) is 12.0 Å². The highest BCUT2D eigenvalue weighted by Gasteiger charge is 2.32. The van der Waals surface area contributed by atoms with Crippen LogP contribution in [0.2, 0.25) is 0 Å². The summed E-state index contributed by atoms with van der Waals surface area (Å²) in [7, 11) is -1.32. The molecular weight excluding hydrogens is 252 g/mol. The maximum atomic E-state index is 11.4. The van der Waals surface area contributed by atoms with E-state index in [-0.39, 0.29) is 17.4 Å². The molecule has 0 spiro atoms. The summed E-state index contributed by atoms with van der Waals surface area (Å²) < 4.78 is 27.8. The molecule has 5 heteroatoms. The van der Waals surface area contributed by atoms with Crippen molar-refractivity contribution in [2.24, 2.45) is 5.92 Å². The molecule has 0 aliphatic carbocycles. The van der Waals surface area contributed by atoms with E-state index in [0.717, 1.165) is 11.3 Å². The second-order valence-electron chi connectivity index (χ2n) is 4.78. The topological polar surface area (TPSA) is 63.6 Å². The first kappa shape index (κ1) is 13.4. The van der Waals surface area contributed by atoms with Gasteiger partial charge in [-0.05, 0) is 30.5 Å². The predicted molar refractivity (Wildman–Crippen MR) is 69.5 cm³/mol. The minimum absolute atomic E-state index is 0.115. The van der Waals surface area contributed by atoms with Crippen LogP contribution in [0.25, 0.3) is 0 Å². The molecule has 0 saturated carbocycles. The van der Waals surface area contributed by atoms with E-state index in [0.29, 0.717) is 12.8 Å². The zero-order valence-electron chi connectivity index (χ0n) is 10.4. The van der Waals surface area contributed by atoms with E-state index in [4.69, 9.17) is 4.74 Å². The third-order valence-electron chi connectivity index (χ3n) is 3.42. The van der Waals surface area contributed by atoms with Gasteiger partial charge < -0.3 is 9.84 Å². The highest BCUT2D eigenvalue weighted by atomic mass is 32.2. The average molecular weight is 270 g/mol. The monoisotopic (exact) mass is 270 g/mol. The molecule has 1 fully saturated rings. The summed E-state index contributed by atoms with van der Waals surface area (Å²) in [6.45, 7) is 0. The molecule has 0 radical (unpaired) electrons. The summed E-state index contributed by atoms with van der Waals surface area (Å²) in [6, 6.07) is 7.47. The molecule has 1 heterocycles. The van der Waals surface area contributed by atoms with Crippen LogP contribution in [-0.2, 0) is 16.3 Å².